The van der Waals surface area contributed by atoms with E-state index in [2.05, 4.69) is 24.1 Å². The molecule has 1 saturated carbocycles. The van der Waals surface area contributed by atoms with Gasteiger partial charge in [-0.1, -0.05) is 25.4 Å². The molecule has 1 aliphatic carbocycles. The van der Waals surface area contributed by atoms with E-state index >= 15 is 0 Å². The molecule has 1 aromatic carbocycles. The van der Waals surface area contributed by atoms with Crippen LogP contribution in [0.1, 0.15) is 26.7 Å². The molecule has 1 aromatic rings. The molecule has 0 radical (unpaired) electrons. The van der Waals surface area contributed by atoms with Crippen molar-refractivity contribution in [1.82, 2.24) is 5.32 Å². The summed E-state index contributed by atoms with van der Waals surface area (Å²) in [5, 5.41) is 4.31. The van der Waals surface area contributed by atoms with E-state index in [0.29, 0.717) is 23.0 Å². The van der Waals surface area contributed by atoms with Crippen LogP contribution in [0.3, 0.4) is 0 Å². The first-order chi connectivity index (χ1) is 9.56. The van der Waals surface area contributed by atoms with E-state index in [1.165, 1.54) is 18.9 Å². The molecule has 1 saturated heterocycles. The molecule has 0 spiro atoms. The molecular formula is C16H22ClFN2. The second-order valence-corrected chi connectivity index (χ2v) is 6.82. The SMILES string of the molecule is CC(C)C1CNC(C2CC2)CN1c1cc(F)ccc1Cl. The van der Waals surface area contributed by atoms with Crippen LogP contribution >= 0.6 is 11.6 Å². The maximum atomic E-state index is 13.6. The molecule has 0 aromatic heterocycles. The van der Waals surface area contributed by atoms with Gasteiger partial charge in [0.15, 0.2) is 0 Å². The largest absolute Gasteiger partial charge is 0.364 e. The molecule has 3 rings (SSSR count). The number of halogens is 2. The van der Waals surface area contributed by atoms with Crippen molar-refractivity contribution in [2.75, 3.05) is 18.0 Å². The van der Waals surface area contributed by atoms with Crippen molar-refractivity contribution in [3.63, 3.8) is 0 Å². The summed E-state index contributed by atoms with van der Waals surface area (Å²) in [6.07, 6.45) is 2.63. The van der Waals surface area contributed by atoms with Gasteiger partial charge in [-0.15, -0.1) is 0 Å². The fourth-order valence-electron chi connectivity index (χ4n) is 3.19. The minimum atomic E-state index is -0.214. The lowest BCUT2D eigenvalue weighted by Crippen LogP contribution is -2.59. The van der Waals surface area contributed by atoms with Crippen LogP contribution in [0, 0.1) is 17.7 Å². The van der Waals surface area contributed by atoms with Gasteiger partial charge in [-0.05, 0) is 42.9 Å². The van der Waals surface area contributed by atoms with Crippen molar-refractivity contribution < 1.29 is 4.39 Å². The van der Waals surface area contributed by atoms with Crippen molar-refractivity contribution in [2.24, 2.45) is 11.8 Å². The van der Waals surface area contributed by atoms with Crippen molar-refractivity contribution in [3.8, 4) is 0 Å². The molecule has 110 valence electrons. The first-order valence-electron chi connectivity index (χ1n) is 7.51. The van der Waals surface area contributed by atoms with Crippen molar-refractivity contribution >= 4 is 17.3 Å². The first-order valence-corrected chi connectivity index (χ1v) is 7.89. The number of hydrogen-bond donors (Lipinski definition) is 1. The Hall–Kier alpha value is -0.800. The molecule has 2 atom stereocenters. The number of piperazine rings is 1. The summed E-state index contributed by atoms with van der Waals surface area (Å²) in [5.74, 6) is 1.08. The standard InChI is InChI=1S/C16H22ClFN2/c1-10(2)16-8-19-14(11-3-4-11)9-20(16)15-7-12(18)5-6-13(15)17/h5-7,10-11,14,16,19H,3-4,8-9H2,1-2H3. The summed E-state index contributed by atoms with van der Waals surface area (Å²) in [7, 11) is 0. The second-order valence-electron chi connectivity index (χ2n) is 6.41. The number of hydrogen-bond acceptors (Lipinski definition) is 2. The highest BCUT2D eigenvalue weighted by molar-refractivity contribution is 6.33. The van der Waals surface area contributed by atoms with Gasteiger partial charge >= 0.3 is 0 Å². The number of anilines is 1. The Morgan fingerprint density at radius 1 is 1.35 bits per heavy atom. The number of benzene rings is 1. The maximum absolute atomic E-state index is 13.6. The maximum Gasteiger partial charge on any atom is 0.125 e. The topological polar surface area (TPSA) is 15.3 Å². The van der Waals surface area contributed by atoms with Crippen LogP contribution in [-0.4, -0.2) is 25.2 Å². The van der Waals surface area contributed by atoms with E-state index in [4.69, 9.17) is 11.6 Å². The number of nitrogens with zero attached hydrogens (tertiary/aromatic N) is 1. The third-order valence-electron chi connectivity index (χ3n) is 4.56. The van der Waals surface area contributed by atoms with Crippen LogP contribution in [0.15, 0.2) is 18.2 Å². The third-order valence-corrected chi connectivity index (χ3v) is 4.88. The number of rotatable bonds is 3. The zero-order valence-electron chi connectivity index (χ0n) is 12.1. The highest BCUT2D eigenvalue weighted by atomic mass is 35.5. The second kappa shape index (κ2) is 5.53. The summed E-state index contributed by atoms with van der Waals surface area (Å²) >= 11 is 6.31. The van der Waals surface area contributed by atoms with Gasteiger partial charge in [0.2, 0.25) is 0 Å². The number of nitrogens with one attached hydrogen (secondary N) is 1. The minimum Gasteiger partial charge on any atom is -0.364 e. The molecule has 1 heterocycles. The predicted octanol–water partition coefficient (Wildman–Crippen LogP) is 3.69. The average Bonchev–Trinajstić information content (AvgIpc) is 3.25. The lowest BCUT2D eigenvalue weighted by Gasteiger charge is -2.44. The van der Waals surface area contributed by atoms with E-state index in [0.717, 1.165) is 24.7 Å². The molecule has 2 fully saturated rings. The Balaban J connectivity index is 1.89. The van der Waals surface area contributed by atoms with Crippen LogP contribution in [0.25, 0.3) is 0 Å². The summed E-state index contributed by atoms with van der Waals surface area (Å²) in [6.45, 7) is 6.30. The van der Waals surface area contributed by atoms with Gasteiger partial charge in [-0.25, -0.2) is 4.39 Å². The minimum absolute atomic E-state index is 0.214. The summed E-state index contributed by atoms with van der Waals surface area (Å²) in [6, 6.07) is 5.55. The molecule has 2 aliphatic rings. The highest BCUT2D eigenvalue weighted by Crippen LogP contribution is 2.37. The Morgan fingerprint density at radius 2 is 2.10 bits per heavy atom. The smallest absolute Gasteiger partial charge is 0.125 e. The normalized spacial score (nSPS) is 27.1. The third kappa shape index (κ3) is 2.79. The molecule has 0 bridgehead atoms. The van der Waals surface area contributed by atoms with Crippen molar-refractivity contribution in [1.29, 1.82) is 0 Å². The van der Waals surface area contributed by atoms with E-state index in [9.17, 15) is 4.39 Å². The molecule has 4 heteroatoms. The van der Waals surface area contributed by atoms with Gasteiger partial charge in [0.05, 0.1) is 10.7 Å². The monoisotopic (exact) mass is 296 g/mol. The van der Waals surface area contributed by atoms with Gasteiger partial charge in [-0.3, -0.25) is 0 Å². The lowest BCUT2D eigenvalue weighted by atomic mass is 9.96. The molecule has 2 unspecified atom stereocenters. The van der Waals surface area contributed by atoms with Crippen LogP contribution in [-0.2, 0) is 0 Å². The lowest BCUT2D eigenvalue weighted by molar-refractivity contribution is 0.320. The average molecular weight is 297 g/mol. The summed E-state index contributed by atoms with van der Waals surface area (Å²) < 4.78 is 13.6. The molecule has 1 N–H and O–H groups in total. The van der Waals surface area contributed by atoms with Gasteiger partial charge in [0.1, 0.15) is 5.82 Å². The van der Waals surface area contributed by atoms with Crippen LogP contribution in [0.5, 0.6) is 0 Å². The Morgan fingerprint density at radius 3 is 2.75 bits per heavy atom. The molecule has 2 nitrogen and oxygen atoms in total. The van der Waals surface area contributed by atoms with Gasteiger partial charge in [0.25, 0.3) is 0 Å². The Bertz CT molecular complexity index is 487. The quantitative estimate of drug-likeness (QED) is 0.915. The molecule has 0 amide bonds. The summed E-state index contributed by atoms with van der Waals surface area (Å²) in [4.78, 5) is 2.32. The first kappa shape index (κ1) is 14.2. The van der Waals surface area contributed by atoms with Gasteiger partial charge in [-0.2, -0.15) is 0 Å². The van der Waals surface area contributed by atoms with Crippen LogP contribution in [0.4, 0.5) is 10.1 Å². The Kier molecular flexibility index (Phi) is 3.91. The van der Waals surface area contributed by atoms with E-state index in [-0.39, 0.29) is 5.82 Å². The van der Waals surface area contributed by atoms with Crippen molar-refractivity contribution in [3.05, 3.63) is 29.0 Å². The molecular weight excluding hydrogens is 275 g/mol. The van der Waals surface area contributed by atoms with E-state index in [1.54, 1.807) is 12.1 Å². The fraction of sp³-hybridized carbons (Fsp3) is 0.625. The zero-order chi connectivity index (χ0) is 14.3. The van der Waals surface area contributed by atoms with Crippen LogP contribution in [0.2, 0.25) is 5.02 Å². The zero-order valence-corrected chi connectivity index (χ0v) is 12.8. The van der Waals surface area contributed by atoms with E-state index < -0.39 is 0 Å². The summed E-state index contributed by atoms with van der Waals surface area (Å²) in [5.41, 5.74) is 0.845. The molecule has 1 aliphatic heterocycles. The van der Waals surface area contributed by atoms with Crippen molar-refractivity contribution in [2.45, 2.75) is 38.8 Å². The Labute approximate surface area is 125 Å². The highest BCUT2D eigenvalue weighted by Gasteiger charge is 2.38. The van der Waals surface area contributed by atoms with Crippen LogP contribution < -0.4 is 10.2 Å². The van der Waals surface area contributed by atoms with Gasteiger partial charge < -0.3 is 10.2 Å². The van der Waals surface area contributed by atoms with E-state index in [1.807, 2.05) is 0 Å². The fourth-order valence-corrected chi connectivity index (χ4v) is 3.41. The predicted molar refractivity (Wildman–Crippen MR) is 81.9 cm³/mol. The van der Waals surface area contributed by atoms with Gasteiger partial charge in [0, 0.05) is 25.2 Å². The molecule has 20 heavy (non-hydrogen) atoms.